The average molecular weight is 546 g/mol. The Hall–Kier alpha value is -2.45. The lowest BCUT2D eigenvalue weighted by Crippen LogP contribution is -2.33. The number of aromatic nitrogens is 5. The van der Waals surface area contributed by atoms with Crippen LogP contribution in [0.3, 0.4) is 0 Å². The van der Waals surface area contributed by atoms with E-state index in [0.717, 1.165) is 0 Å². The highest BCUT2D eigenvalue weighted by atomic mass is 32.2. The van der Waals surface area contributed by atoms with Crippen LogP contribution in [0.25, 0.3) is 11.2 Å². The maximum Gasteiger partial charge on any atom is 0.191 e. The molecule has 2 aliphatic rings. The van der Waals surface area contributed by atoms with E-state index in [1.54, 1.807) is 0 Å². The zero-order valence-corrected chi connectivity index (χ0v) is 18.0. The first-order chi connectivity index (χ1) is 26.0. The molecule has 0 radical (unpaired) electrons. The third kappa shape index (κ3) is 4.90. The van der Waals surface area contributed by atoms with Gasteiger partial charge >= 0.3 is 0 Å². The van der Waals surface area contributed by atoms with Crippen LogP contribution in [0.4, 0.5) is 14.6 Å². The van der Waals surface area contributed by atoms with E-state index in [9.17, 15) is 24.1 Å². The van der Waals surface area contributed by atoms with Gasteiger partial charge in [0, 0.05) is 40.5 Å². The molecule has 2 aromatic heterocycles. The van der Waals surface area contributed by atoms with Crippen LogP contribution in [0, 0.1) is 11.6 Å². The molecule has 2 aliphatic carbocycles. The van der Waals surface area contributed by atoms with Gasteiger partial charge in [-0.2, -0.15) is 0 Å². The monoisotopic (exact) mass is 545 g/mol. The normalized spacial score (nSPS) is 51.9. The Labute approximate surface area is 242 Å². The first-order valence-corrected chi connectivity index (χ1v) is 10.3. The van der Waals surface area contributed by atoms with Crippen molar-refractivity contribution < 1.29 is 60.4 Å². The molecule has 0 amide bonds. The number of nitrogens with one attached hydrogen (secondary N) is 1. The number of benzene rings is 1. The molecule has 2 heterocycles. The zero-order valence-electron chi connectivity index (χ0n) is 40.2. The molecule has 194 valence electrons. The summed E-state index contributed by atoms with van der Waals surface area (Å²) in [6, 6.07) is -10.8. The van der Waals surface area contributed by atoms with Crippen molar-refractivity contribution in [3.05, 3.63) is 35.3 Å². The minimum Gasteiger partial charge on any atom is -0.394 e. The number of fused-ring (bicyclic) bond motifs is 1. The first-order valence-electron chi connectivity index (χ1n) is 20.9. The Morgan fingerprint density at radius 2 is 2.19 bits per heavy atom. The summed E-state index contributed by atoms with van der Waals surface area (Å²) >= 11 is -0.455. The predicted molar refractivity (Wildman–Crippen MR) is 128 cm³/mol. The second kappa shape index (κ2) is 10.5. The number of ether oxygens (including phenoxy) is 1. The maximum atomic E-state index is 14.6. The summed E-state index contributed by atoms with van der Waals surface area (Å²) in [6.45, 7) is -12.1. The van der Waals surface area contributed by atoms with E-state index in [-0.39, 0.29) is 4.68 Å². The zero-order chi connectivity index (χ0) is 45.9. The van der Waals surface area contributed by atoms with Crippen LogP contribution in [-0.4, -0.2) is 83.4 Å². The summed E-state index contributed by atoms with van der Waals surface area (Å²) in [6.07, 6.45) is -24.9. The number of hydrogen-bond acceptors (Lipinski definition) is 10. The Balaban J connectivity index is 1.79. The van der Waals surface area contributed by atoms with Crippen LogP contribution in [0.2, 0.25) is 0 Å². The second-order valence-corrected chi connectivity index (χ2v) is 7.46. The Kier molecular flexibility index (Phi) is 2.83. The van der Waals surface area contributed by atoms with Gasteiger partial charge in [-0.1, -0.05) is 29.9 Å². The van der Waals surface area contributed by atoms with Crippen molar-refractivity contribution in [3.8, 4) is 0 Å². The van der Waals surface area contributed by atoms with Crippen molar-refractivity contribution in [1.29, 1.82) is 0 Å². The number of nitrogens with zero attached hydrogens (tertiary/aromatic N) is 5. The molecule has 1 aromatic carbocycles. The quantitative estimate of drug-likeness (QED) is 0.221. The fourth-order valence-electron chi connectivity index (χ4n) is 2.99. The lowest BCUT2D eigenvalue weighted by molar-refractivity contribution is -0.0629. The van der Waals surface area contributed by atoms with Crippen molar-refractivity contribution in [2.24, 2.45) is 0 Å². The van der Waals surface area contributed by atoms with Gasteiger partial charge in [-0.15, -0.1) is 5.10 Å². The smallest absolute Gasteiger partial charge is 0.191 e. The van der Waals surface area contributed by atoms with E-state index in [4.69, 9.17) is 31.5 Å². The summed E-state index contributed by atoms with van der Waals surface area (Å²) < 4.78 is 219. The van der Waals surface area contributed by atoms with Crippen molar-refractivity contribution >= 4 is 28.7 Å². The molecule has 6 atom stereocenters. The van der Waals surface area contributed by atoms with Crippen LogP contribution in [0.15, 0.2) is 23.3 Å². The highest BCUT2D eigenvalue weighted by Gasteiger charge is 2.45. The highest BCUT2D eigenvalue weighted by Crippen LogP contribution is 2.44. The van der Waals surface area contributed by atoms with E-state index in [1.165, 1.54) is 0 Å². The summed E-state index contributed by atoms with van der Waals surface area (Å²) in [5.74, 6) is -8.02. The lowest BCUT2D eigenvalue weighted by Gasteiger charge is -2.17. The number of aliphatic hydroxyl groups is 3. The van der Waals surface area contributed by atoms with E-state index >= 15 is 0 Å². The lowest BCUT2D eigenvalue weighted by atomic mass is 10.1. The molecule has 1 unspecified atom stereocenters. The molecule has 3 aromatic rings. The largest absolute Gasteiger partial charge is 0.394 e. The highest BCUT2D eigenvalue weighted by molar-refractivity contribution is 7.99. The molecular weight excluding hydrogens is 494 g/mol. The summed E-state index contributed by atoms with van der Waals surface area (Å²) in [4.78, 5) is 7.61. The molecule has 13 heteroatoms. The Morgan fingerprint density at radius 3 is 3.00 bits per heavy atom. The summed E-state index contributed by atoms with van der Waals surface area (Å²) in [5.41, 5.74) is -7.03. The van der Waals surface area contributed by atoms with E-state index in [1.807, 2.05) is 0 Å². The van der Waals surface area contributed by atoms with Crippen LogP contribution in [-0.2, 0) is 4.74 Å². The van der Waals surface area contributed by atoms with Gasteiger partial charge in [-0.25, -0.2) is 23.4 Å². The number of hydrogen-bond donors (Lipinski definition) is 4. The molecule has 0 spiro atoms. The van der Waals surface area contributed by atoms with Crippen LogP contribution >= 0.6 is 11.8 Å². The maximum absolute atomic E-state index is 14.6. The molecule has 4 N–H and O–H groups in total. The Bertz CT molecular complexity index is 2210. The van der Waals surface area contributed by atoms with Gasteiger partial charge < -0.3 is 25.4 Å². The van der Waals surface area contributed by atoms with Crippen molar-refractivity contribution in [2.45, 2.75) is 67.3 Å². The van der Waals surface area contributed by atoms with Crippen molar-refractivity contribution in [3.63, 3.8) is 0 Å². The summed E-state index contributed by atoms with van der Waals surface area (Å²) in [5, 5.41) is 40.1. The predicted octanol–water partition coefficient (Wildman–Crippen LogP) is 2.01. The summed E-state index contributed by atoms with van der Waals surface area (Å²) in [7, 11) is 0. The second-order valence-electron chi connectivity index (χ2n) is 6.69. The van der Waals surface area contributed by atoms with Gasteiger partial charge in [0.1, 0.15) is 12.2 Å². The van der Waals surface area contributed by atoms with Crippen LogP contribution < -0.4 is 5.32 Å². The van der Waals surface area contributed by atoms with Gasteiger partial charge in [-0.3, -0.25) is 0 Å². The number of anilines is 1. The van der Waals surface area contributed by atoms with Crippen molar-refractivity contribution in [1.82, 2.24) is 25.0 Å². The standard InChI is InChI=1S/C23H28F2N6O4S/c1-2-7-36-23-27-21(26-15-9-12(15)11-3-4-13(24)14(25)8-11)18-22(28-23)31(30-29-18)16-10-17(35-6-5-32)20(34)19(16)33/h3-4,8,12,15-17,19-20,32-34H,2,5-7,9-10H2,1H3,(H,26,27,28)/t12?,15-,16+,17-,19-,20+/m0/s1/i1D3,2D2,3D,4D,5D2,6D2,7D2,8D,9D2,10D2,12D,16D,17D,19D,20D. The van der Waals surface area contributed by atoms with E-state index in [0.29, 0.717) is 0 Å². The van der Waals surface area contributed by atoms with Crippen LogP contribution in [0.5, 0.6) is 0 Å². The number of thioether (sulfide) groups is 1. The molecule has 2 fully saturated rings. The van der Waals surface area contributed by atoms with Crippen LogP contribution in [0.1, 0.15) is 75.0 Å². The van der Waals surface area contributed by atoms with Gasteiger partial charge in [0.15, 0.2) is 33.8 Å². The molecule has 36 heavy (non-hydrogen) atoms. The van der Waals surface area contributed by atoms with Gasteiger partial charge in [0.25, 0.3) is 0 Å². The van der Waals surface area contributed by atoms with Gasteiger partial charge in [0.2, 0.25) is 0 Å². The molecular formula is C23H28F2N6O4S. The number of rotatable bonds is 10. The molecule has 10 nitrogen and oxygen atoms in total. The average Bonchev–Trinajstić information content (AvgIpc) is 3.31. The van der Waals surface area contributed by atoms with E-state index in [2.05, 4.69) is 30.3 Å². The Morgan fingerprint density at radius 1 is 1.33 bits per heavy atom. The van der Waals surface area contributed by atoms with Gasteiger partial charge in [0.05, 0.1) is 40.3 Å². The molecule has 0 bridgehead atoms. The SMILES string of the molecule is [2H]c1c([2H])c(C2([2H])[C@@H](Nc3nc(SC([2H])([2H])C([2H])([2H])C([2H])([2H])[2H])nc4c3nnn4[C@]3([2H])C([2H])([2H])[C@]([2H])(OC([2H])([2H])C([2H])([2H])O)[C@@]([2H])(O)[C@@]3([2H])O)C2([2H])[2H])c([2H])c(F)c1F. The minimum absolute atomic E-state index is 0.288. The minimum atomic E-state index is -4.60. The van der Waals surface area contributed by atoms with E-state index < -0.39 is 150 Å². The molecule has 0 aliphatic heterocycles. The molecule has 0 saturated heterocycles. The van der Waals surface area contributed by atoms with Gasteiger partial charge in [-0.05, 0) is 30.4 Å². The first kappa shape index (κ1) is 9.70. The number of halogens is 2. The third-order valence-corrected chi connectivity index (χ3v) is 5.13. The molecule has 5 rings (SSSR count). The van der Waals surface area contributed by atoms with Crippen molar-refractivity contribution in [2.75, 3.05) is 24.1 Å². The third-order valence-electron chi connectivity index (χ3n) is 4.56. The fourth-order valence-corrected chi connectivity index (χ4v) is 3.40. The topological polar surface area (TPSA) is 138 Å². The molecule has 2 saturated carbocycles. The fraction of sp³-hybridized carbons (Fsp3) is 0.565.